The molecule has 0 spiro atoms. The van der Waals surface area contributed by atoms with E-state index < -0.39 is 17.3 Å². The second-order valence-electron chi connectivity index (χ2n) is 4.71. The van der Waals surface area contributed by atoms with Gasteiger partial charge in [0.05, 0.1) is 11.1 Å². The van der Waals surface area contributed by atoms with Crippen molar-refractivity contribution in [1.29, 1.82) is 0 Å². The molecule has 4 nitrogen and oxygen atoms in total. The van der Waals surface area contributed by atoms with Gasteiger partial charge >= 0.3 is 6.18 Å². The van der Waals surface area contributed by atoms with E-state index in [0.29, 0.717) is 0 Å². The Hall–Kier alpha value is -1.63. The van der Waals surface area contributed by atoms with Crippen molar-refractivity contribution in [2.75, 3.05) is 0 Å². The summed E-state index contributed by atoms with van der Waals surface area (Å²) in [4.78, 5) is 7.93. The molecule has 0 bridgehead atoms. The Kier molecular flexibility index (Phi) is 3.95. The Bertz CT molecular complexity index is 429. The summed E-state index contributed by atoms with van der Waals surface area (Å²) in [5.41, 5.74) is 1.39. The molecule has 0 amide bonds. The third-order valence-corrected chi connectivity index (χ3v) is 1.92. The van der Waals surface area contributed by atoms with Crippen LogP contribution in [-0.2, 0) is 6.18 Å². The van der Waals surface area contributed by atoms with E-state index in [9.17, 15) is 13.2 Å². The van der Waals surface area contributed by atoms with Crippen LogP contribution < -0.4 is 11.3 Å². The monoisotopic (exact) mass is 260 g/mol. The second kappa shape index (κ2) is 4.93. The average molecular weight is 260 g/mol. The van der Waals surface area contributed by atoms with Gasteiger partial charge in [0.1, 0.15) is 5.69 Å². The molecule has 1 rings (SSSR count). The van der Waals surface area contributed by atoms with Gasteiger partial charge in [0.15, 0.2) is 5.84 Å². The van der Waals surface area contributed by atoms with Crippen LogP contribution in [0.25, 0.3) is 0 Å². The minimum atomic E-state index is -4.40. The van der Waals surface area contributed by atoms with Crippen LogP contribution in [0.2, 0.25) is 0 Å². The summed E-state index contributed by atoms with van der Waals surface area (Å²) in [7, 11) is 0. The SMILES string of the molecule is CC(C)(C)N=C(NN)c1ccc(C(F)(F)F)cn1. The van der Waals surface area contributed by atoms with E-state index in [1.165, 1.54) is 6.07 Å². The first-order valence-electron chi connectivity index (χ1n) is 5.23. The molecular formula is C11H15F3N4. The number of hydrogen-bond donors (Lipinski definition) is 2. The van der Waals surface area contributed by atoms with Crippen molar-refractivity contribution >= 4 is 5.84 Å². The zero-order valence-corrected chi connectivity index (χ0v) is 10.3. The quantitative estimate of drug-likeness (QED) is 0.352. The van der Waals surface area contributed by atoms with Crippen molar-refractivity contribution in [3.05, 3.63) is 29.6 Å². The molecule has 1 heterocycles. The lowest BCUT2D eigenvalue weighted by atomic mass is 10.1. The number of hydrazine groups is 1. The van der Waals surface area contributed by atoms with Crippen LogP contribution in [-0.4, -0.2) is 16.4 Å². The normalized spacial score (nSPS) is 13.6. The molecule has 7 heteroatoms. The number of halogens is 3. The minimum absolute atomic E-state index is 0.247. The number of hydrogen-bond acceptors (Lipinski definition) is 3. The van der Waals surface area contributed by atoms with Crippen LogP contribution in [0, 0.1) is 0 Å². The van der Waals surface area contributed by atoms with E-state index in [1.54, 1.807) is 0 Å². The Morgan fingerprint density at radius 3 is 2.22 bits per heavy atom. The molecule has 1 aromatic heterocycles. The number of alkyl halides is 3. The van der Waals surface area contributed by atoms with Crippen LogP contribution in [0.1, 0.15) is 32.0 Å². The van der Waals surface area contributed by atoms with Gasteiger partial charge in [0.25, 0.3) is 0 Å². The highest BCUT2D eigenvalue weighted by Crippen LogP contribution is 2.28. The summed E-state index contributed by atoms with van der Waals surface area (Å²) in [5.74, 6) is 5.54. The first kappa shape index (κ1) is 14.4. The maximum atomic E-state index is 12.4. The number of nitrogens with one attached hydrogen (secondary N) is 1. The molecule has 0 aliphatic heterocycles. The molecule has 1 aromatic rings. The molecule has 18 heavy (non-hydrogen) atoms. The van der Waals surface area contributed by atoms with Crippen molar-refractivity contribution in [1.82, 2.24) is 10.4 Å². The topological polar surface area (TPSA) is 63.3 Å². The van der Waals surface area contributed by atoms with Gasteiger partial charge in [-0.3, -0.25) is 9.98 Å². The van der Waals surface area contributed by atoms with Gasteiger partial charge in [-0.1, -0.05) is 0 Å². The molecule has 0 aliphatic rings. The maximum Gasteiger partial charge on any atom is 0.417 e. The molecule has 0 aliphatic carbocycles. The van der Waals surface area contributed by atoms with Crippen molar-refractivity contribution in [2.24, 2.45) is 10.8 Å². The fourth-order valence-electron chi connectivity index (χ4n) is 1.20. The number of pyridine rings is 1. The summed E-state index contributed by atoms with van der Waals surface area (Å²) >= 11 is 0. The van der Waals surface area contributed by atoms with Crippen LogP contribution in [0.15, 0.2) is 23.3 Å². The zero-order valence-electron chi connectivity index (χ0n) is 10.3. The van der Waals surface area contributed by atoms with E-state index in [0.717, 1.165) is 12.3 Å². The second-order valence-corrected chi connectivity index (χ2v) is 4.71. The number of nitrogens with two attached hydrogens (primary N) is 1. The molecule has 0 atom stereocenters. The Morgan fingerprint density at radius 2 is 1.89 bits per heavy atom. The fraction of sp³-hybridized carbons (Fsp3) is 0.455. The Labute approximate surface area is 103 Å². The van der Waals surface area contributed by atoms with Gasteiger partial charge in [0, 0.05) is 6.20 Å². The number of rotatable bonds is 1. The predicted molar refractivity (Wildman–Crippen MR) is 62.9 cm³/mol. The largest absolute Gasteiger partial charge is 0.417 e. The molecule has 0 saturated carbocycles. The van der Waals surface area contributed by atoms with E-state index in [1.807, 2.05) is 20.8 Å². The lowest BCUT2D eigenvalue weighted by Gasteiger charge is -2.15. The molecule has 0 radical (unpaired) electrons. The molecule has 3 N–H and O–H groups in total. The highest BCUT2D eigenvalue weighted by atomic mass is 19.4. The van der Waals surface area contributed by atoms with Gasteiger partial charge in [-0.25, -0.2) is 5.84 Å². The lowest BCUT2D eigenvalue weighted by Crippen LogP contribution is -2.34. The number of nitrogens with zero attached hydrogens (tertiary/aromatic N) is 2. The van der Waals surface area contributed by atoms with Crippen molar-refractivity contribution in [2.45, 2.75) is 32.5 Å². The highest BCUT2D eigenvalue weighted by molar-refractivity contribution is 5.96. The van der Waals surface area contributed by atoms with E-state index in [-0.39, 0.29) is 11.5 Å². The highest BCUT2D eigenvalue weighted by Gasteiger charge is 2.30. The third kappa shape index (κ3) is 3.99. The Morgan fingerprint density at radius 1 is 1.28 bits per heavy atom. The molecule has 100 valence electrons. The van der Waals surface area contributed by atoms with Crippen LogP contribution in [0.5, 0.6) is 0 Å². The van der Waals surface area contributed by atoms with Gasteiger partial charge < -0.3 is 5.43 Å². The lowest BCUT2D eigenvalue weighted by molar-refractivity contribution is -0.137. The molecule has 0 fully saturated rings. The number of aliphatic imine (C=N–C) groups is 1. The first-order chi connectivity index (χ1) is 8.13. The van der Waals surface area contributed by atoms with Gasteiger partial charge in [-0.15, -0.1) is 0 Å². The van der Waals surface area contributed by atoms with Gasteiger partial charge in [-0.05, 0) is 32.9 Å². The average Bonchev–Trinajstić information content (AvgIpc) is 2.24. The van der Waals surface area contributed by atoms with Crippen LogP contribution in [0.4, 0.5) is 13.2 Å². The minimum Gasteiger partial charge on any atom is -0.307 e. The van der Waals surface area contributed by atoms with Crippen LogP contribution in [0.3, 0.4) is 0 Å². The molecular weight excluding hydrogens is 245 g/mol. The predicted octanol–water partition coefficient (Wildman–Crippen LogP) is 2.11. The first-order valence-corrected chi connectivity index (χ1v) is 5.23. The molecule has 0 saturated heterocycles. The third-order valence-electron chi connectivity index (χ3n) is 1.92. The van der Waals surface area contributed by atoms with Gasteiger partial charge in [0.2, 0.25) is 0 Å². The number of amidine groups is 1. The molecule has 0 aromatic carbocycles. The summed E-state index contributed by atoms with van der Waals surface area (Å²) in [5, 5.41) is 0. The summed E-state index contributed by atoms with van der Waals surface area (Å²) in [6, 6.07) is 2.17. The van der Waals surface area contributed by atoms with Crippen LogP contribution >= 0.6 is 0 Å². The maximum absolute atomic E-state index is 12.4. The summed E-state index contributed by atoms with van der Waals surface area (Å²) in [6.45, 7) is 5.53. The zero-order chi connectivity index (χ0) is 14.0. The standard InChI is InChI=1S/C11H15F3N4/c1-10(2,3)17-9(18-15)8-5-4-7(6-16-8)11(12,13)14/h4-6H,15H2,1-3H3,(H,17,18). The number of aromatic nitrogens is 1. The van der Waals surface area contributed by atoms with Gasteiger partial charge in [-0.2, -0.15) is 13.2 Å². The fourth-order valence-corrected chi connectivity index (χ4v) is 1.20. The van der Waals surface area contributed by atoms with Crippen molar-refractivity contribution < 1.29 is 13.2 Å². The smallest absolute Gasteiger partial charge is 0.307 e. The van der Waals surface area contributed by atoms with E-state index in [2.05, 4.69) is 15.4 Å². The summed E-state index contributed by atoms with van der Waals surface area (Å²) in [6.07, 6.45) is -3.64. The van der Waals surface area contributed by atoms with E-state index in [4.69, 9.17) is 5.84 Å². The Balaban J connectivity index is 3.07. The van der Waals surface area contributed by atoms with Crippen molar-refractivity contribution in [3.63, 3.8) is 0 Å². The van der Waals surface area contributed by atoms with Crippen molar-refractivity contribution in [3.8, 4) is 0 Å². The molecule has 0 unspecified atom stereocenters. The summed E-state index contributed by atoms with van der Waals surface area (Å²) < 4.78 is 37.1. The van der Waals surface area contributed by atoms with E-state index >= 15 is 0 Å².